The van der Waals surface area contributed by atoms with Gasteiger partial charge in [0.15, 0.2) is 0 Å². The van der Waals surface area contributed by atoms with Gasteiger partial charge < -0.3 is 18.9 Å². The minimum atomic E-state index is -0.384. The summed E-state index contributed by atoms with van der Waals surface area (Å²) in [5.41, 5.74) is 3.21. The van der Waals surface area contributed by atoms with E-state index in [0.717, 1.165) is 16.7 Å². The maximum atomic E-state index is 12.5. The van der Waals surface area contributed by atoms with Crippen LogP contribution >= 0.6 is 0 Å². The van der Waals surface area contributed by atoms with Gasteiger partial charge in [-0.05, 0) is 16.7 Å². The van der Waals surface area contributed by atoms with Gasteiger partial charge in [-0.2, -0.15) is 0 Å². The molecule has 3 aromatic rings. The number of fused-ring (bicyclic) bond motifs is 1. The Labute approximate surface area is 200 Å². The molecule has 2 unspecified atom stereocenters. The first kappa shape index (κ1) is 22.6. The molecule has 0 aromatic heterocycles. The second-order valence-electron chi connectivity index (χ2n) is 8.65. The van der Waals surface area contributed by atoms with Crippen molar-refractivity contribution in [3.05, 3.63) is 108 Å². The van der Waals surface area contributed by atoms with Crippen LogP contribution in [0, 0.1) is 0 Å². The van der Waals surface area contributed by atoms with Crippen molar-refractivity contribution in [1.82, 2.24) is 4.90 Å². The van der Waals surface area contributed by atoms with E-state index in [-0.39, 0.29) is 37.1 Å². The topological polar surface area (TPSA) is 57.2 Å². The van der Waals surface area contributed by atoms with Crippen molar-refractivity contribution in [3.8, 4) is 0 Å². The van der Waals surface area contributed by atoms with Gasteiger partial charge in [-0.15, -0.1) is 0 Å². The summed E-state index contributed by atoms with van der Waals surface area (Å²) in [5.74, 6) is 0. The Balaban J connectivity index is 1.37. The first-order chi connectivity index (χ1) is 16.8. The van der Waals surface area contributed by atoms with Crippen LogP contribution in [0.5, 0.6) is 0 Å². The molecule has 2 saturated heterocycles. The molecular weight excluding hydrogens is 430 g/mol. The standard InChI is InChI=1S/C28H29NO5/c30-28-29-16-25(31-17-21-10-4-1-5-11-21)27(33-19-23-14-8-3-9-15-23)26(24(29)20-34-28)32-18-22-12-6-2-7-13-22/h1-15,24-27H,16-20H2/t24-,25?,26-,27?/m0/s1. The number of carbonyl (C=O) groups is 1. The number of hydrogen-bond acceptors (Lipinski definition) is 5. The molecule has 4 atom stereocenters. The Kier molecular flexibility index (Phi) is 7.19. The Morgan fingerprint density at radius 2 is 1.15 bits per heavy atom. The van der Waals surface area contributed by atoms with E-state index in [9.17, 15) is 4.79 Å². The van der Waals surface area contributed by atoms with E-state index in [0.29, 0.717) is 26.4 Å². The smallest absolute Gasteiger partial charge is 0.410 e. The monoisotopic (exact) mass is 459 g/mol. The summed E-state index contributed by atoms with van der Waals surface area (Å²) in [6.45, 7) is 1.97. The summed E-state index contributed by atoms with van der Waals surface area (Å²) >= 11 is 0. The van der Waals surface area contributed by atoms with E-state index >= 15 is 0 Å². The Hall–Kier alpha value is -3.19. The molecule has 0 saturated carbocycles. The number of piperidine rings is 1. The lowest BCUT2D eigenvalue weighted by molar-refractivity contribution is -0.191. The average molecular weight is 460 g/mol. The van der Waals surface area contributed by atoms with Crippen molar-refractivity contribution < 1.29 is 23.7 Å². The van der Waals surface area contributed by atoms with Gasteiger partial charge in [-0.25, -0.2) is 4.79 Å². The van der Waals surface area contributed by atoms with Crippen molar-refractivity contribution in [2.24, 2.45) is 0 Å². The van der Waals surface area contributed by atoms with Crippen LogP contribution in [0.25, 0.3) is 0 Å². The number of rotatable bonds is 9. The average Bonchev–Trinajstić information content (AvgIpc) is 3.27. The van der Waals surface area contributed by atoms with Crippen LogP contribution in [0.1, 0.15) is 16.7 Å². The number of benzene rings is 3. The summed E-state index contributed by atoms with van der Waals surface area (Å²) < 4.78 is 24.7. The molecule has 6 nitrogen and oxygen atoms in total. The highest BCUT2D eigenvalue weighted by Crippen LogP contribution is 2.32. The zero-order chi connectivity index (χ0) is 23.2. The molecule has 2 aliphatic heterocycles. The van der Waals surface area contributed by atoms with Crippen LogP contribution in [-0.2, 0) is 38.8 Å². The summed E-state index contributed by atoms with van der Waals surface area (Å²) in [7, 11) is 0. The zero-order valence-corrected chi connectivity index (χ0v) is 19.0. The number of amides is 1. The van der Waals surface area contributed by atoms with E-state index < -0.39 is 0 Å². The zero-order valence-electron chi connectivity index (χ0n) is 19.0. The van der Waals surface area contributed by atoms with E-state index in [1.807, 2.05) is 91.0 Å². The third-order valence-electron chi connectivity index (χ3n) is 6.34. The van der Waals surface area contributed by atoms with E-state index in [4.69, 9.17) is 18.9 Å². The lowest BCUT2D eigenvalue weighted by atomic mass is 9.94. The van der Waals surface area contributed by atoms with Gasteiger partial charge in [0.2, 0.25) is 0 Å². The molecule has 0 aliphatic carbocycles. The van der Waals surface area contributed by atoms with Crippen molar-refractivity contribution in [2.45, 2.75) is 44.2 Å². The van der Waals surface area contributed by atoms with E-state index in [2.05, 4.69) is 0 Å². The lowest BCUT2D eigenvalue weighted by Crippen LogP contribution is -2.62. The molecule has 3 aromatic carbocycles. The first-order valence-corrected chi connectivity index (χ1v) is 11.7. The summed E-state index contributed by atoms with van der Waals surface area (Å²) in [4.78, 5) is 14.2. The molecule has 5 rings (SSSR count). The Morgan fingerprint density at radius 3 is 1.68 bits per heavy atom. The van der Waals surface area contributed by atoms with Crippen molar-refractivity contribution in [3.63, 3.8) is 0 Å². The fourth-order valence-corrected chi connectivity index (χ4v) is 4.54. The van der Waals surface area contributed by atoms with Gasteiger partial charge in [0.25, 0.3) is 0 Å². The fourth-order valence-electron chi connectivity index (χ4n) is 4.54. The first-order valence-electron chi connectivity index (χ1n) is 11.7. The molecule has 34 heavy (non-hydrogen) atoms. The van der Waals surface area contributed by atoms with E-state index in [1.165, 1.54) is 0 Å². The molecule has 1 amide bonds. The lowest BCUT2D eigenvalue weighted by Gasteiger charge is -2.44. The minimum Gasteiger partial charge on any atom is -0.447 e. The second kappa shape index (κ2) is 10.8. The predicted molar refractivity (Wildman–Crippen MR) is 127 cm³/mol. The molecule has 176 valence electrons. The van der Waals surface area contributed by atoms with Crippen LogP contribution in [0.2, 0.25) is 0 Å². The largest absolute Gasteiger partial charge is 0.447 e. The molecule has 2 fully saturated rings. The predicted octanol–water partition coefficient (Wildman–Crippen LogP) is 4.58. The molecule has 2 heterocycles. The normalized spacial score (nSPS) is 24.0. The van der Waals surface area contributed by atoms with E-state index in [1.54, 1.807) is 4.90 Å². The van der Waals surface area contributed by atoms with Crippen LogP contribution in [-0.4, -0.2) is 48.5 Å². The Morgan fingerprint density at radius 1 is 0.676 bits per heavy atom. The molecule has 0 spiro atoms. The Bertz CT molecular complexity index is 1050. The third kappa shape index (κ3) is 5.30. The summed E-state index contributed by atoms with van der Waals surface area (Å²) in [6.07, 6.45) is -1.42. The number of carbonyl (C=O) groups excluding carboxylic acids is 1. The maximum absolute atomic E-state index is 12.5. The SMILES string of the molecule is O=C1OC[C@H]2[C@H](OCc3ccccc3)C(OCc3ccccc3)C(OCc3ccccc3)CN12. The van der Waals surface area contributed by atoms with Crippen LogP contribution in [0.4, 0.5) is 4.79 Å². The van der Waals surface area contributed by atoms with Gasteiger partial charge in [0.1, 0.15) is 24.9 Å². The quantitative estimate of drug-likeness (QED) is 0.469. The second-order valence-corrected chi connectivity index (χ2v) is 8.65. The van der Waals surface area contributed by atoms with Gasteiger partial charge in [-0.1, -0.05) is 91.0 Å². The number of hydrogen-bond donors (Lipinski definition) is 0. The molecule has 0 bridgehead atoms. The van der Waals surface area contributed by atoms with Gasteiger partial charge in [0.05, 0.1) is 32.4 Å². The molecule has 0 radical (unpaired) electrons. The minimum absolute atomic E-state index is 0.214. The van der Waals surface area contributed by atoms with Crippen LogP contribution in [0.15, 0.2) is 91.0 Å². The fraction of sp³-hybridized carbons (Fsp3) is 0.321. The highest BCUT2D eigenvalue weighted by molar-refractivity contribution is 5.70. The highest BCUT2D eigenvalue weighted by atomic mass is 16.6. The summed E-state index contributed by atoms with van der Waals surface area (Å²) in [6, 6.07) is 29.9. The number of nitrogens with zero attached hydrogens (tertiary/aromatic N) is 1. The maximum Gasteiger partial charge on any atom is 0.410 e. The molecule has 0 N–H and O–H groups in total. The van der Waals surface area contributed by atoms with Crippen LogP contribution < -0.4 is 0 Å². The molecule has 6 heteroatoms. The van der Waals surface area contributed by atoms with Gasteiger partial charge in [-0.3, -0.25) is 4.90 Å². The number of cyclic esters (lactones) is 1. The number of ether oxygens (including phenoxy) is 4. The molecule has 2 aliphatic rings. The molecular formula is C28H29NO5. The van der Waals surface area contributed by atoms with Gasteiger partial charge >= 0.3 is 6.09 Å². The van der Waals surface area contributed by atoms with Crippen LogP contribution in [0.3, 0.4) is 0 Å². The summed E-state index contributed by atoms with van der Waals surface area (Å²) in [5, 5.41) is 0. The van der Waals surface area contributed by atoms with Gasteiger partial charge in [0, 0.05) is 0 Å². The van der Waals surface area contributed by atoms with Crippen molar-refractivity contribution >= 4 is 6.09 Å². The highest BCUT2D eigenvalue weighted by Gasteiger charge is 2.51. The van der Waals surface area contributed by atoms with Crippen molar-refractivity contribution in [2.75, 3.05) is 13.2 Å². The third-order valence-corrected chi connectivity index (χ3v) is 6.34. The van der Waals surface area contributed by atoms with Crippen molar-refractivity contribution in [1.29, 1.82) is 0 Å².